The molecule has 0 radical (unpaired) electrons. The van der Waals surface area contributed by atoms with Crippen molar-refractivity contribution in [3.8, 4) is 17.2 Å². The number of methoxy groups -OCH3 is 3. The summed E-state index contributed by atoms with van der Waals surface area (Å²) in [6.45, 7) is 0.698. The fourth-order valence-corrected chi connectivity index (χ4v) is 3.97. The van der Waals surface area contributed by atoms with E-state index in [4.69, 9.17) is 23.4 Å². The summed E-state index contributed by atoms with van der Waals surface area (Å²) in [5, 5.41) is 0. The van der Waals surface area contributed by atoms with Gasteiger partial charge in [0.2, 0.25) is 0 Å². The molecule has 0 N–H and O–H groups in total. The van der Waals surface area contributed by atoms with Crippen LogP contribution in [0, 0.1) is 0 Å². The number of benzene rings is 2. The topological polar surface area (TPSA) is 87.4 Å². The minimum atomic E-state index is -0.418. The number of carbonyl (C=O) groups excluding carboxylic acids is 2. The van der Waals surface area contributed by atoms with Crippen LogP contribution >= 0.6 is 0 Å². The first-order valence-electron chi connectivity index (χ1n) is 10.5. The van der Waals surface area contributed by atoms with Crippen LogP contribution in [0.3, 0.4) is 0 Å². The van der Waals surface area contributed by atoms with Crippen LogP contribution in [-0.4, -0.2) is 51.3 Å². The lowest BCUT2D eigenvalue weighted by Gasteiger charge is -2.37. The standard InChI is InChI=1S/C25H25NO7/c1-29-22-13-17-10-11-26(24(27)21-5-4-12-32-21)20(19(17)14-23(22)30-2)15-33-18-8-6-16(7-9-18)25(28)31-3/h4-9,12-14,20H,10-11,15H2,1-3H3/t20-/m0/s1. The van der Waals surface area contributed by atoms with Gasteiger partial charge < -0.3 is 28.3 Å². The summed E-state index contributed by atoms with van der Waals surface area (Å²) >= 11 is 0. The van der Waals surface area contributed by atoms with Crippen molar-refractivity contribution in [2.45, 2.75) is 12.5 Å². The number of nitrogens with zero attached hydrogens (tertiary/aromatic N) is 1. The SMILES string of the molecule is COC(=O)c1ccc(OC[C@H]2c3cc(OC)c(OC)cc3CCN2C(=O)c2ccco2)cc1. The average Bonchev–Trinajstić information content (AvgIpc) is 3.40. The van der Waals surface area contributed by atoms with Crippen molar-refractivity contribution in [2.24, 2.45) is 0 Å². The molecule has 1 aliphatic rings. The Balaban J connectivity index is 1.64. The maximum Gasteiger partial charge on any atom is 0.337 e. The summed E-state index contributed by atoms with van der Waals surface area (Å²) in [7, 11) is 4.51. The summed E-state index contributed by atoms with van der Waals surface area (Å²) < 4.78 is 27.1. The van der Waals surface area contributed by atoms with Crippen LogP contribution in [0.15, 0.2) is 59.2 Å². The first-order valence-corrected chi connectivity index (χ1v) is 10.5. The van der Waals surface area contributed by atoms with Crippen LogP contribution < -0.4 is 14.2 Å². The number of rotatable bonds is 7. The minimum absolute atomic E-state index is 0.201. The molecule has 2 heterocycles. The Bertz CT molecular complexity index is 1120. The van der Waals surface area contributed by atoms with Crippen molar-refractivity contribution in [1.82, 2.24) is 4.90 Å². The fourth-order valence-electron chi connectivity index (χ4n) is 3.97. The average molecular weight is 451 g/mol. The van der Waals surface area contributed by atoms with Gasteiger partial charge in [-0.2, -0.15) is 0 Å². The normalized spacial score (nSPS) is 14.9. The van der Waals surface area contributed by atoms with Gasteiger partial charge in [0.1, 0.15) is 12.4 Å². The molecule has 8 heteroatoms. The number of esters is 1. The van der Waals surface area contributed by atoms with Gasteiger partial charge >= 0.3 is 5.97 Å². The Labute approximate surface area is 191 Å². The molecule has 0 unspecified atom stereocenters. The molecular weight excluding hydrogens is 426 g/mol. The number of carbonyl (C=O) groups is 2. The summed E-state index contributed by atoms with van der Waals surface area (Å²) in [5.41, 5.74) is 2.41. The molecule has 0 spiro atoms. The highest BCUT2D eigenvalue weighted by Gasteiger charge is 2.34. The van der Waals surface area contributed by atoms with Gasteiger partial charge in [0.25, 0.3) is 5.91 Å². The zero-order valence-corrected chi connectivity index (χ0v) is 18.7. The third-order valence-electron chi connectivity index (χ3n) is 5.68. The lowest BCUT2D eigenvalue weighted by atomic mass is 9.92. The molecule has 3 aromatic rings. The Morgan fingerprint density at radius 2 is 1.76 bits per heavy atom. The molecule has 0 aliphatic carbocycles. The fraction of sp³-hybridized carbons (Fsp3) is 0.280. The van der Waals surface area contributed by atoms with E-state index in [2.05, 4.69) is 0 Å². The largest absolute Gasteiger partial charge is 0.493 e. The van der Waals surface area contributed by atoms with Crippen molar-refractivity contribution in [2.75, 3.05) is 34.5 Å². The maximum absolute atomic E-state index is 13.2. The molecule has 0 saturated carbocycles. The smallest absolute Gasteiger partial charge is 0.337 e. The molecule has 1 atom stereocenters. The molecule has 0 fully saturated rings. The van der Waals surface area contributed by atoms with E-state index in [0.29, 0.717) is 35.8 Å². The number of amides is 1. The van der Waals surface area contributed by atoms with Gasteiger partial charge in [-0.1, -0.05) is 0 Å². The Hall–Kier alpha value is -3.94. The quantitative estimate of drug-likeness (QED) is 0.504. The van der Waals surface area contributed by atoms with Crippen LogP contribution in [0.4, 0.5) is 0 Å². The van der Waals surface area contributed by atoms with Gasteiger partial charge in [-0.25, -0.2) is 4.79 Å². The highest BCUT2D eigenvalue weighted by atomic mass is 16.5. The molecule has 4 rings (SSSR count). The Morgan fingerprint density at radius 3 is 2.39 bits per heavy atom. The second-order valence-corrected chi connectivity index (χ2v) is 7.47. The minimum Gasteiger partial charge on any atom is -0.493 e. The summed E-state index contributed by atoms with van der Waals surface area (Å²) in [6, 6.07) is 13.5. The molecule has 2 aromatic carbocycles. The molecule has 33 heavy (non-hydrogen) atoms. The summed E-state index contributed by atoms with van der Waals surface area (Å²) in [6.07, 6.45) is 2.14. The highest BCUT2D eigenvalue weighted by molar-refractivity contribution is 5.92. The third-order valence-corrected chi connectivity index (χ3v) is 5.68. The van der Waals surface area contributed by atoms with E-state index < -0.39 is 5.97 Å². The van der Waals surface area contributed by atoms with Gasteiger partial charge in [-0.3, -0.25) is 4.79 Å². The summed E-state index contributed by atoms with van der Waals surface area (Å²) in [4.78, 5) is 26.6. The number of fused-ring (bicyclic) bond motifs is 1. The lowest BCUT2D eigenvalue weighted by Crippen LogP contribution is -2.42. The molecule has 0 bridgehead atoms. The Morgan fingerprint density at radius 1 is 1.03 bits per heavy atom. The molecule has 0 saturated heterocycles. The predicted molar refractivity (Wildman–Crippen MR) is 119 cm³/mol. The lowest BCUT2D eigenvalue weighted by molar-refractivity contribution is 0.0555. The van der Waals surface area contributed by atoms with Crippen molar-refractivity contribution in [3.05, 3.63) is 77.2 Å². The number of ether oxygens (including phenoxy) is 4. The van der Waals surface area contributed by atoms with Gasteiger partial charge in [0, 0.05) is 6.54 Å². The zero-order valence-electron chi connectivity index (χ0n) is 18.7. The van der Waals surface area contributed by atoms with Crippen molar-refractivity contribution in [1.29, 1.82) is 0 Å². The van der Waals surface area contributed by atoms with E-state index in [9.17, 15) is 9.59 Å². The van der Waals surface area contributed by atoms with Crippen LogP contribution in [0.25, 0.3) is 0 Å². The van der Waals surface area contributed by atoms with E-state index >= 15 is 0 Å². The number of hydrogen-bond acceptors (Lipinski definition) is 7. The second kappa shape index (κ2) is 9.68. The highest BCUT2D eigenvalue weighted by Crippen LogP contribution is 2.39. The molecule has 172 valence electrons. The second-order valence-electron chi connectivity index (χ2n) is 7.47. The van der Waals surface area contributed by atoms with Crippen LogP contribution in [0.2, 0.25) is 0 Å². The van der Waals surface area contributed by atoms with Gasteiger partial charge in [-0.15, -0.1) is 0 Å². The number of hydrogen-bond donors (Lipinski definition) is 0. The predicted octanol–water partition coefficient (Wildman–Crippen LogP) is 3.90. The molecule has 1 aromatic heterocycles. The first kappa shape index (κ1) is 22.3. The number of furan rings is 1. The van der Waals surface area contributed by atoms with Gasteiger partial charge in [0.15, 0.2) is 17.3 Å². The van der Waals surface area contributed by atoms with Crippen LogP contribution in [-0.2, 0) is 11.2 Å². The zero-order chi connectivity index (χ0) is 23.4. The van der Waals surface area contributed by atoms with Gasteiger partial charge in [-0.05, 0) is 66.1 Å². The van der Waals surface area contributed by atoms with E-state index in [1.165, 1.54) is 13.4 Å². The molecule has 8 nitrogen and oxygen atoms in total. The van der Waals surface area contributed by atoms with E-state index in [1.54, 1.807) is 55.5 Å². The monoisotopic (exact) mass is 451 g/mol. The van der Waals surface area contributed by atoms with Crippen LogP contribution in [0.5, 0.6) is 17.2 Å². The van der Waals surface area contributed by atoms with E-state index in [1.807, 2.05) is 12.1 Å². The van der Waals surface area contributed by atoms with Crippen molar-refractivity contribution in [3.63, 3.8) is 0 Å². The molecule has 1 amide bonds. The third kappa shape index (κ3) is 4.50. The molecular formula is C25H25NO7. The molecule has 1 aliphatic heterocycles. The summed E-state index contributed by atoms with van der Waals surface area (Å²) in [5.74, 6) is 1.43. The first-order chi connectivity index (χ1) is 16.0. The maximum atomic E-state index is 13.2. The van der Waals surface area contributed by atoms with E-state index in [0.717, 1.165) is 11.1 Å². The van der Waals surface area contributed by atoms with E-state index in [-0.39, 0.29) is 24.3 Å². The van der Waals surface area contributed by atoms with Crippen LogP contribution in [0.1, 0.15) is 38.1 Å². The van der Waals surface area contributed by atoms with Crippen molar-refractivity contribution >= 4 is 11.9 Å². The van der Waals surface area contributed by atoms with Gasteiger partial charge in [0.05, 0.1) is 39.2 Å². The Kier molecular flexibility index (Phi) is 6.53. The van der Waals surface area contributed by atoms with Crippen molar-refractivity contribution < 1.29 is 33.0 Å².